The number of alkyl halides is 3. The Morgan fingerprint density at radius 1 is 1.19 bits per heavy atom. The molecule has 0 atom stereocenters. The summed E-state index contributed by atoms with van der Waals surface area (Å²) in [4.78, 5) is 24.9. The van der Waals surface area contributed by atoms with Gasteiger partial charge in [0.05, 0.1) is 28.0 Å². The second-order valence-corrected chi connectivity index (χ2v) is 8.55. The van der Waals surface area contributed by atoms with Gasteiger partial charge in [0.25, 0.3) is 11.5 Å². The molecule has 2 N–H and O–H groups in total. The van der Waals surface area contributed by atoms with Crippen molar-refractivity contribution >= 4 is 33.6 Å². The lowest BCUT2D eigenvalue weighted by Crippen LogP contribution is -2.26. The van der Waals surface area contributed by atoms with E-state index in [1.807, 2.05) is 0 Å². The third kappa shape index (κ3) is 6.78. The maximum atomic E-state index is 13.4. The average molecular weight is 552 g/mol. The quantitative estimate of drug-likeness (QED) is 0.329. The van der Waals surface area contributed by atoms with Crippen molar-refractivity contribution < 1.29 is 44.2 Å². The molecule has 0 spiro atoms. The molecule has 3 rings (SSSR count). The van der Waals surface area contributed by atoms with E-state index in [-0.39, 0.29) is 17.0 Å². The van der Waals surface area contributed by atoms with Crippen LogP contribution in [-0.4, -0.2) is 28.7 Å². The summed E-state index contributed by atoms with van der Waals surface area (Å²) in [6.45, 7) is 0.473. The highest BCUT2D eigenvalue weighted by Gasteiger charge is 2.35. The molecule has 0 saturated carbocycles. The summed E-state index contributed by atoms with van der Waals surface area (Å²) >= 11 is 5.75. The van der Waals surface area contributed by atoms with Gasteiger partial charge in [0.15, 0.2) is 6.73 Å². The van der Waals surface area contributed by atoms with Gasteiger partial charge in [0.1, 0.15) is 17.3 Å². The molecule has 1 heterocycles. The highest BCUT2D eigenvalue weighted by Crippen LogP contribution is 2.40. The van der Waals surface area contributed by atoms with Gasteiger partial charge >= 0.3 is 16.6 Å². The van der Waals surface area contributed by atoms with E-state index in [0.717, 1.165) is 30.5 Å². The number of aryl methyl sites for hydroxylation is 1. The van der Waals surface area contributed by atoms with Crippen molar-refractivity contribution in [1.29, 1.82) is 0 Å². The third-order valence-corrected chi connectivity index (χ3v) is 5.14. The van der Waals surface area contributed by atoms with Crippen molar-refractivity contribution in [3.8, 4) is 11.5 Å². The number of nitrogens with one attached hydrogen (secondary N) is 1. The minimum Gasteiger partial charge on any atom is -0.456 e. The van der Waals surface area contributed by atoms with E-state index < -0.39 is 62.5 Å². The lowest BCUT2D eigenvalue weighted by Gasteiger charge is -2.17. The summed E-state index contributed by atoms with van der Waals surface area (Å²) in [6, 6.07) is 5.25. The predicted octanol–water partition coefficient (Wildman–Crippen LogP) is 4.18. The van der Waals surface area contributed by atoms with Crippen LogP contribution in [-0.2, 0) is 27.5 Å². The number of aromatic nitrogens is 2. The standard InChI is InChI=1S/C20H14ClF4N3O7S/c1-10-4-11(22)2-3-16(10)35-17-7-14(20(23,24)25)15(21)6-13(17)19(30)27-12-5-18(29)28(26-8-12)9-34-36(31,32)33/h2-8H,9H2,1H3,(H,27,30)(H,31,32,33). The highest BCUT2D eigenvalue weighted by atomic mass is 35.5. The van der Waals surface area contributed by atoms with Crippen LogP contribution in [0.2, 0.25) is 5.02 Å². The van der Waals surface area contributed by atoms with Gasteiger partial charge in [0, 0.05) is 6.07 Å². The normalized spacial score (nSPS) is 11.9. The number of halogens is 5. The fourth-order valence-electron chi connectivity index (χ4n) is 2.79. The number of hydrogen-bond donors (Lipinski definition) is 2. The monoisotopic (exact) mass is 551 g/mol. The van der Waals surface area contributed by atoms with Gasteiger partial charge in [0.2, 0.25) is 0 Å². The Morgan fingerprint density at radius 2 is 1.89 bits per heavy atom. The number of carbonyl (C=O) groups excluding carboxylic acids is 1. The number of ether oxygens (including phenoxy) is 1. The van der Waals surface area contributed by atoms with Crippen molar-refractivity contribution in [2.24, 2.45) is 0 Å². The largest absolute Gasteiger partial charge is 0.456 e. The first kappa shape index (κ1) is 27.1. The number of anilines is 1. The fourth-order valence-corrected chi connectivity index (χ4v) is 3.30. The van der Waals surface area contributed by atoms with Crippen molar-refractivity contribution in [3.05, 3.63) is 80.5 Å². The van der Waals surface area contributed by atoms with E-state index in [4.69, 9.17) is 20.9 Å². The molecule has 0 aliphatic rings. The molecule has 0 aliphatic heterocycles. The van der Waals surface area contributed by atoms with Crippen LogP contribution in [0.15, 0.2) is 47.4 Å². The van der Waals surface area contributed by atoms with E-state index in [0.29, 0.717) is 16.8 Å². The number of benzene rings is 2. The van der Waals surface area contributed by atoms with Crippen LogP contribution in [0.1, 0.15) is 21.5 Å². The van der Waals surface area contributed by atoms with Crippen LogP contribution < -0.4 is 15.6 Å². The molecule has 0 fully saturated rings. The molecule has 0 radical (unpaired) electrons. The summed E-state index contributed by atoms with van der Waals surface area (Å²) in [5.41, 5.74) is -2.72. The van der Waals surface area contributed by atoms with Gasteiger partial charge in [-0.25, -0.2) is 13.3 Å². The molecule has 1 aromatic heterocycles. The number of rotatable bonds is 7. The van der Waals surface area contributed by atoms with Crippen molar-refractivity contribution in [2.75, 3.05) is 5.32 Å². The van der Waals surface area contributed by atoms with E-state index in [2.05, 4.69) is 14.6 Å². The van der Waals surface area contributed by atoms with Crippen molar-refractivity contribution in [1.82, 2.24) is 9.78 Å². The summed E-state index contributed by atoms with van der Waals surface area (Å²) < 4.78 is 93.4. The molecule has 0 unspecified atom stereocenters. The van der Waals surface area contributed by atoms with Crippen LogP contribution in [0.5, 0.6) is 11.5 Å². The van der Waals surface area contributed by atoms with Crippen LogP contribution in [0, 0.1) is 12.7 Å². The maximum absolute atomic E-state index is 13.4. The topological polar surface area (TPSA) is 137 Å². The van der Waals surface area contributed by atoms with Crippen molar-refractivity contribution in [2.45, 2.75) is 19.8 Å². The minimum absolute atomic E-state index is 0.0380. The first-order valence-electron chi connectivity index (χ1n) is 9.49. The van der Waals surface area contributed by atoms with Crippen LogP contribution in [0.25, 0.3) is 0 Å². The summed E-state index contributed by atoms with van der Waals surface area (Å²) in [7, 11) is -4.86. The van der Waals surface area contributed by atoms with Gasteiger partial charge < -0.3 is 10.1 Å². The Labute approximate surface area is 205 Å². The number of amides is 1. The number of hydrogen-bond acceptors (Lipinski definition) is 7. The molecule has 0 bridgehead atoms. The SMILES string of the molecule is Cc1cc(F)ccc1Oc1cc(C(F)(F)F)c(Cl)cc1C(=O)Nc1cnn(COS(=O)(=O)O)c(=O)c1. The Hall–Kier alpha value is -3.53. The summed E-state index contributed by atoms with van der Waals surface area (Å²) in [5, 5.41) is 4.97. The second kappa shape index (κ2) is 10.2. The third-order valence-electron chi connectivity index (χ3n) is 4.43. The molecule has 16 heteroatoms. The zero-order valence-corrected chi connectivity index (χ0v) is 19.4. The van der Waals surface area contributed by atoms with Gasteiger partial charge in [-0.2, -0.15) is 26.7 Å². The fraction of sp³-hybridized carbons (Fsp3) is 0.150. The second-order valence-electron chi connectivity index (χ2n) is 7.05. The molecular weight excluding hydrogens is 538 g/mol. The molecule has 1 amide bonds. The van der Waals surface area contributed by atoms with Crippen LogP contribution in [0.3, 0.4) is 0 Å². The zero-order chi connectivity index (χ0) is 26.8. The van der Waals surface area contributed by atoms with E-state index in [9.17, 15) is 35.6 Å². The lowest BCUT2D eigenvalue weighted by molar-refractivity contribution is -0.137. The Morgan fingerprint density at radius 3 is 2.47 bits per heavy atom. The minimum atomic E-state index is -4.89. The maximum Gasteiger partial charge on any atom is 0.417 e. The molecule has 2 aromatic carbocycles. The molecule has 3 aromatic rings. The van der Waals surface area contributed by atoms with Crippen LogP contribution >= 0.6 is 11.6 Å². The Bertz CT molecular complexity index is 1490. The first-order chi connectivity index (χ1) is 16.6. The lowest BCUT2D eigenvalue weighted by atomic mass is 10.1. The Balaban J connectivity index is 1.96. The van der Waals surface area contributed by atoms with Gasteiger partial charge in [-0.15, -0.1) is 0 Å². The predicted molar refractivity (Wildman–Crippen MR) is 117 cm³/mol. The molecule has 0 saturated heterocycles. The van der Waals surface area contributed by atoms with Gasteiger partial charge in [-0.3, -0.25) is 14.1 Å². The molecular formula is C20H14ClF4N3O7S. The molecule has 10 nitrogen and oxygen atoms in total. The molecule has 36 heavy (non-hydrogen) atoms. The van der Waals surface area contributed by atoms with E-state index >= 15 is 0 Å². The summed E-state index contributed by atoms with van der Waals surface area (Å²) in [6.07, 6.45) is -3.98. The van der Waals surface area contributed by atoms with E-state index in [1.54, 1.807) is 0 Å². The Kier molecular flexibility index (Phi) is 7.68. The van der Waals surface area contributed by atoms with Gasteiger partial charge in [-0.1, -0.05) is 11.6 Å². The van der Waals surface area contributed by atoms with Gasteiger partial charge in [-0.05, 0) is 42.8 Å². The average Bonchev–Trinajstić information content (AvgIpc) is 2.74. The highest BCUT2D eigenvalue weighted by molar-refractivity contribution is 7.80. The van der Waals surface area contributed by atoms with Crippen molar-refractivity contribution in [3.63, 3.8) is 0 Å². The van der Waals surface area contributed by atoms with E-state index in [1.165, 1.54) is 6.92 Å². The summed E-state index contributed by atoms with van der Waals surface area (Å²) in [5.74, 6) is -2.27. The number of nitrogens with zero attached hydrogens (tertiary/aromatic N) is 2. The number of carbonyl (C=O) groups is 1. The molecule has 0 aliphatic carbocycles. The van der Waals surface area contributed by atoms with Crippen LogP contribution in [0.4, 0.5) is 23.2 Å². The smallest absolute Gasteiger partial charge is 0.417 e. The first-order valence-corrected chi connectivity index (χ1v) is 11.2. The molecule has 192 valence electrons. The zero-order valence-electron chi connectivity index (χ0n) is 17.8.